The molecule has 226 valence electrons. The van der Waals surface area contributed by atoms with Crippen LogP contribution in [0.4, 0.5) is 27.6 Å². The van der Waals surface area contributed by atoms with E-state index in [0.717, 1.165) is 36.3 Å². The molecule has 4 rings (SSSR count). The fourth-order valence-electron chi connectivity index (χ4n) is 4.94. The molecule has 42 heavy (non-hydrogen) atoms. The molecule has 0 radical (unpaired) electrons. The van der Waals surface area contributed by atoms with Crippen molar-refractivity contribution in [1.82, 2.24) is 19.8 Å². The summed E-state index contributed by atoms with van der Waals surface area (Å²) in [5.41, 5.74) is -0.0416. The van der Waals surface area contributed by atoms with Crippen molar-refractivity contribution in [2.24, 2.45) is 5.92 Å². The summed E-state index contributed by atoms with van der Waals surface area (Å²) in [5, 5.41) is 5.71. The first kappa shape index (κ1) is 31.2. The smallest absolute Gasteiger partial charge is 0.374 e. The Morgan fingerprint density at radius 1 is 1.21 bits per heavy atom. The Morgan fingerprint density at radius 2 is 1.95 bits per heavy atom. The molecule has 1 aliphatic rings. The number of amides is 1. The standard InChI is InChI=1S/C28H30F5N5O3S/c1-17-14-37(2)10-8-22(17)36-27(39)21-11-18(12-24-25(21)35-16-38(24)15-28(31,32)33)5-4-9-34-23-7-6-19(42(3,40)41)13-20(23)26(29)30/h6-7,11-13,16-17,22,26,34H,8-10,14-15H2,1-3H3,(H,36,39)/t17-,22-/m0/s1. The van der Waals surface area contributed by atoms with Crippen molar-refractivity contribution >= 4 is 32.5 Å². The van der Waals surface area contributed by atoms with E-state index in [1.165, 1.54) is 24.3 Å². The number of hydrogen-bond acceptors (Lipinski definition) is 6. The van der Waals surface area contributed by atoms with E-state index in [2.05, 4.69) is 32.4 Å². The number of sulfone groups is 1. The van der Waals surface area contributed by atoms with E-state index < -0.39 is 40.5 Å². The zero-order valence-electron chi connectivity index (χ0n) is 23.1. The molecule has 1 fully saturated rings. The van der Waals surface area contributed by atoms with Crippen LogP contribution in [-0.4, -0.2) is 73.9 Å². The van der Waals surface area contributed by atoms with Crippen molar-refractivity contribution in [3.05, 3.63) is 53.3 Å². The number of piperidine rings is 1. The van der Waals surface area contributed by atoms with E-state index >= 15 is 0 Å². The molecule has 0 bridgehead atoms. The van der Waals surface area contributed by atoms with Gasteiger partial charge >= 0.3 is 6.18 Å². The molecule has 1 aliphatic heterocycles. The third-order valence-corrected chi connectivity index (χ3v) is 8.14. The molecule has 2 N–H and O–H groups in total. The quantitative estimate of drug-likeness (QED) is 0.303. The van der Waals surface area contributed by atoms with Gasteiger partial charge in [-0.1, -0.05) is 18.8 Å². The molecule has 14 heteroatoms. The van der Waals surface area contributed by atoms with Gasteiger partial charge in [0, 0.05) is 35.7 Å². The van der Waals surface area contributed by atoms with Crippen LogP contribution in [0.5, 0.6) is 0 Å². The van der Waals surface area contributed by atoms with E-state index in [4.69, 9.17) is 0 Å². The second-order valence-electron chi connectivity index (χ2n) is 10.5. The maximum Gasteiger partial charge on any atom is 0.406 e. The van der Waals surface area contributed by atoms with Crippen LogP contribution in [0.3, 0.4) is 0 Å². The molecule has 3 aromatic rings. The first-order valence-corrected chi connectivity index (χ1v) is 14.9. The molecule has 2 atom stereocenters. The number of carbonyl (C=O) groups is 1. The highest BCUT2D eigenvalue weighted by Gasteiger charge is 2.30. The number of halogens is 5. The van der Waals surface area contributed by atoms with Crippen LogP contribution in [0.15, 0.2) is 41.6 Å². The number of anilines is 1. The minimum atomic E-state index is -4.53. The second-order valence-corrected chi connectivity index (χ2v) is 12.5. The Bertz CT molecular complexity index is 1640. The van der Waals surface area contributed by atoms with Gasteiger partial charge in [0.2, 0.25) is 0 Å². The third-order valence-electron chi connectivity index (χ3n) is 7.03. The molecular formula is C28H30F5N5O3S. The number of fused-ring (bicyclic) bond motifs is 1. The van der Waals surface area contributed by atoms with Crippen LogP contribution in [0.25, 0.3) is 11.0 Å². The summed E-state index contributed by atoms with van der Waals surface area (Å²) in [6, 6.07) is 6.01. The first-order chi connectivity index (χ1) is 19.6. The van der Waals surface area contributed by atoms with Gasteiger partial charge < -0.3 is 20.1 Å². The van der Waals surface area contributed by atoms with Crippen LogP contribution in [0.1, 0.15) is 41.3 Å². The van der Waals surface area contributed by atoms with E-state index in [1.807, 2.05) is 14.0 Å². The highest BCUT2D eigenvalue weighted by Crippen LogP contribution is 2.30. The highest BCUT2D eigenvalue weighted by molar-refractivity contribution is 7.90. The van der Waals surface area contributed by atoms with Gasteiger partial charge in [-0.15, -0.1) is 0 Å². The fraction of sp³-hybridized carbons (Fsp3) is 0.429. The van der Waals surface area contributed by atoms with Crippen molar-refractivity contribution in [3.8, 4) is 11.8 Å². The zero-order chi connectivity index (χ0) is 30.8. The number of likely N-dealkylation sites (tertiary alicyclic amines) is 1. The maximum atomic E-state index is 13.6. The molecule has 0 saturated carbocycles. The molecule has 8 nitrogen and oxygen atoms in total. The van der Waals surface area contributed by atoms with Gasteiger partial charge in [0.15, 0.2) is 9.84 Å². The number of nitrogens with one attached hydrogen (secondary N) is 2. The van der Waals surface area contributed by atoms with Crippen LogP contribution < -0.4 is 10.6 Å². The number of rotatable bonds is 7. The number of benzene rings is 2. The van der Waals surface area contributed by atoms with Gasteiger partial charge in [-0.05, 0) is 56.3 Å². The number of carbonyl (C=O) groups excluding carboxylic acids is 1. The van der Waals surface area contributed by atoms with Crippen molar-refractivity contribution in [2.45, 2.75) is 43.4 Å². The van der Waals surface area contributed by atoms with Crippen LogP contribution >= 0.6 is 0 Å². The lowest BCUT2D eigenvalue weighted by Gasteiger charge is -2.35. The van der Waals surface area contributed by atoms with E-state index in [9.17, 15) is 35.2 Å². The van der Waals surface area contributed by atoms with Crippen molar-refractivity contribution in [2.75, 3.05) is 38.3 Å². The summed E-state index contributed by atoms with van der Waals surface area (Å²) in [4.78, 5) is 19.3. The zero-order valence-corrected chi connectivity index (χ0v) is 23.9. The Kier molecular flexibility index (Phi) is 9.12. The normalized spacial score (nSPS) is 18.1. The van der Waals surface area contributed by atoms with Crippen LogP contribution in [0.2, 0.25) is 0 Å². The molecule has 2 heterocycles. The van der Waals surface area contributed by atoms with E-state index in [1.54, 1.807) is 0 Å². The highest BCUT2D eigenvalue weighted by atomic mass is 32.2. The maximum absolute atomic E-state index is 13.6. The summed E-state index contributed by atoms with van der Waals surface area (Å²) >= 11 is 0. The second kappa shape index (κ2) is 12.3. The van der Waals surface area contributed by atoms with E-state index in [-0.39, 0.29) is 51.2 Å². The molecule has 0 spiro atoms. The summed E-state index contributed by atoms with van der Waals surface area (Å²) < 4.78 is 91.2. The predicted octanol–water partition coefficient (Wildman–Crippen LogP) is 4.47. The van der Waals surface area contributed by atoms with Gasteiger partial charge in [0.1, 0.15) is 12.1 Å². The number of imidazole rings is 1. The Balaban J connectivity index is 1.62. The van der Waals surface area contributed by atoms with Crippen molar-refractivity contribution < 1.29 is 35.2 Å². The molecule has 2 aromatic carbocycles. The Hall–Kier alpha value is -3.70. The van der Waals surface area contributed by atoms with E-state index in [0.29, 0.717) is 6.42 Å². The van der Waals surface area contributed by atoms with Gasteiger partial charge in [0.25, 0.3) is 12.3 Å². The summed E-state index contributed by atoms with van der Waals surface area (Å²) in [7, 11) is -1.71. The monoisotopic (exact) mass is 611 g/mol. The van der Waals surface area contributed by atoms with Crippen LogP contribution in [-0.2, 0) is 16.4 Å². The SMILES string of the molecule is C[C@H]1CN(C)CC[C@@H]1NC(=O)c1cc(C#CCNc2ccc(S(C)(=O)=O)cc2C(F)F)cc2c1ncn2CC(F)(F)F. The molecule has 0 unspecified atom stereocenters. The lowest BCUT2D eigenvalue weighted by molar-refractivity contribution is -0.139. The van der Waals surface area contributed by atoms with Crippen molar-refractivity contribution in [3.63, 3.8) is 0 Å². The van der Waals surface area contributed by atoms with Gasteiger partial charge in [0.05, 0.1) is 28.8 Å². The number of nitrogens with zero attached hydrogens (tertiary/aromatic N) is 3. The molecular weight excluding hydrogens is 581 g/mol. The molecule has 1 aromatic heterocycles. The fourth-order valence-corrected chi connectivity index (χ4v) is 5.60. The van der Waals surface area contributed by atoms with Gasteiger partial charge in [-0.25, -0.2) is 22.2 Å². The molecule has 0 aliphatic carbocycles. The lowest BCUT2D eigenvalue weighted by Crippen LogP contribution is -2.48. The lowest BCUT2D eigenvalue weighted by atomic mass is 9.93. The molecule has 1 saturated heterocycles. The summed E-state index contributed by atoms with van der Waals surface area (Å²) in [6.45, 7) is 2.12. The summed E-state index contributed by atoms with van der Waals surface area (Å²) in [5.74, 6) is 5.19. The van der Waals surface area contributed by atoms with Crippen LogP contribution in [0, 0.1) is 17.8 Å². The average Bonchev–Trinajstić information content (AvgIpc) is 3.28. The minimum Gasteiger partial charge on any atom is -0.374 e. The Labute approximate surface area is 240 Å². The number of aromatic nitrogens is 2. The molecule has 1 amide bonds. The summed E-state index contributed by atoms with van der Waals surface area (Å²) in [6.07, 6.45) is -4.83. The average molecular weight is 612 g/mol. The first-order valence-electron chi connectivity index (χ1n) is 13.0. The predicted molar refractivity (Wildman–Crippen MR) is 148 cm³/mol. The van der Waals surface area contributed by atoms with Crippen molar-refractivity contribution in [1.29, 1.82) is 0 Å². The number of alkyl halides is 5. The van der Waals surface area contributed by atoms with Gasteiger partial charge in [-0.3, -0.25) is 4.79 Å². The third kappa shape index (κ3) is 7.57. The topological polar surface area (TPSA) is 96.3 Å². The Morgan fingerprint density at radius 3 is 2.60 bits per heavy atom. The number of hydrogen-bond donors (Lipinski definition) is 2. The van der Waals surface area contributed by atoms with Gasteiger partial charge in [-0.2, -0.15) is 13.2 Å². The largest absolute Gasteiger partial charge is 0.406 e. The minimum absolute atomic E-state index is 0.0160.